The molecule has 0 saturated carbocycles. The van der Waals surface area contributed by atoms with Gasteiger partial charge in [0.25, 0.3) is 0 Å². The molecule has 21 heavy (non-hydrogen) atoms. The number of para-hydroxylation sites is 2. The average molecular weight is 283 g/mol. The van der Waals surface area contributed by atoms with Crippen LogP contribution in [0.4, 0.5) is 0 Å². The SMILES string of the molecule is N#CCCCN1CCN(Cc2nc3ccccc3[nH]2)CC1. The van der Waals surface area contributed by atoms with E-state index in [9.17, 15) is 0 Å². The molecule has 0 radical (unpaired) electrons. The van der Waals surface area contributed by atoms with Gasteiger partial charge in [-0.05, 0) is 25.1 Å². The second-order valence-electron chi connectivity index (χ2n) is 5.58. The van der Waals surface area contributed by atoms with Crippen LogP contribution >= 0.6 is 0 Å². The van der Waals surface area contributed by atoms with Gasteiger partial charge in [-0.15, -0.1) is 0 Å². The summed E-state index contributed by atoms with van der Waals surface area (Å²) in [6.45, 7) is 6.26. The molecule has 0 amide bonds. The third kappa shape index (κ3) is 3.60. The fourth-order valence-electron chi connectivity index (χ4n) is 2.85. The lowest BCUT2D eigenvalue weighted by Gasteiger charge is -2.34. The van der Waals surface area contributed by atoms with Gasteiger partial charge in [0.05, 0.1) is 23.6 Å². The van der Waals surface area contributed by atoms with E-state index in [0.717, 1.165) is 62.5 Å². The monoisotopic (exact) mass is 283 g/mol. The molecule has 5 heteroatoms. The van der Waals surface area contributed by atoms with Crippen LogP contribution in [0.5, 0.6) is 0 Å². The molecule has 0 bridgehead atoms. The van der Waals surface area contributed by atoms with Crippen LogP contribution in [0.1, 0.15) is 18.7 Å². The van der Waals surface area contributed by atoms with E-state index in [1.54, 1.807) is 0 Å². The number of hydrogen-bond acceptors (Lipinski definition) is 4. The molecule has 3 rings (SSSR count). The molecular formula is C16H21N5. The second kappa shape index (κ2) is 6.70. The first-order valence-corrected chi connectivity index (χ1v) is 7.60. The van der Waals surface area contributed by atoms with Crippen molar-refractivity contribution in [3.05, 3.63) is 30.1 Å². The van der Waals surface area contributed by atoms with Crippen molar-refractivity contribution in [2.45, 2.75) is 19.4 Å². The number of imidazole rings is 1. The minimum Gasteiger partial charge on any atom is -0.341 e. The Bertz CT molecular complexity index is 586. The fourth-order valence-corrected chi connectivity index (χ4v) is 2.85. The largest absolute Gasteiger partial charge is 0.341 e. The summed E-state index contributed by atoms with van der Waals surface area (Å²) in [5.74, 6) is 1.05. The number of unbranched alkanes of at least 4 members (excludes halogenated alkanes) is 1. The van der Waals surface area contributed by atoms with Crippen molar-refractivity contribution < 1.29 is 0 Å². The van der Waals surface area contributed by atoms with E-state index in [4.69, 9.17) is 5.26 Å². The molecule has 2 heterocycles. The lowest BCUT2D eigenvalue weighted by Crippen LogP contribution is -2.46. The van der Waals surface area contributed by atoms with Crippen LogP contribution < -0.4 is 0 Å². The number of benzene rings is 1. The molecule has 1 N–H and O–H groups in total. The second-order valence-corrected chi connectivity index (χ2v) is 5.58. The van der Waals surface area contributed by atoms with Gasteiger partial charge in [0.1, 0.15) is 5.82 Å². The van der Waals surface area contributed by atoms with Crippen LogP contribution in [-0.2, 0) is 6.54 Å². The Labute approximate surface area is 125 Å². The maximum Gasteiger partial charge on any atom is 0.121 e. The highest BCUT2D eigenvalue weighted by atomic mass is 15.3. The van der Waals surface area contributed by atoms with E-state index >= 15 is 0 Å². The molecule has 1 saturated heterocycles. The number of nitrogens with zero attached hydrogens (tertiary/aromatic N) is 4. The van der Waals surface area contributed by atoms with Crippen LogP contribution in [0.25, 0.3) is 11.0 Å². The molecule has 1 aromatic carbocycles. The maximum atomic E-state index is 8.57. The Morgan fingerprint density at radius 3 is 2.67 bits per heavy atom. The molecule has 0 unspecified atom stereocenters. The van der Waals surface area contributed by atoms with Crippen molar-refractivity contribution in [3.8, 4) is 6.07 Å². The first-order chi connectivity index (χ1) is 10.3. The molecule has 0 spiro atoms. The minimum atomic E-state index is 0.666. The highest BCUT2D eigenvalue weighted by Crippen LogP contribution is 2.13. The highest BCUT2D eigenvalue weighted by Gasteiger charge is 2.17. The number of piperazine rings is 1. The maximum absolute atomic E-state index is 8.57. The third-order valence-electron chi connectivity index (χ3n) is 4.04. The van der Waals surface area contributed by atoms with E-state index < -0.39 is 0 Å². The third-order valence-corrected chi connectivity index (χ3v) is 4.04. The Balaban J connectivity index is 1.50. The first-order valence-electron chi connectivity index (χ1n) is 7.60. The number of nitriles is 1. The molecule has 0 aliphatic carbocycles. The lowest BCUT2D eigenvalue weighted by atomic mass is 10.2. The zero-order chi connectivity index (χ0) is 14.5. The Kier molecular flexibility index (Phi) is 4.49. The Morgan fingerprint density at radius 2 is 1.90 bits per heavy atom. The van der Waals surface area contributed by atoms with Gasteiger partial charge in [0.15, 0.2) is 0 Å². The Hall–Kier alpha value is -1.90. The van der Waals surface area contributed by atoms with Gasteiger partial charge < -0.3 is 9.88 Å². The van der Waals surface area contributed by atoms with Crippen molar-refractivity contribution in [2.75, 3.05) is 32.7 Å². The number of rotatable bonds is 5. The molecule has 1 aliphatic heterocycles. The van der Waals surface area contributed by atoms with Crippen molar-refractivity contribution in [1.29, 1.82) is 5.26 Å². The van der Waals surface area contributed by atoms with Crippen LogP contribution in [0, 0.1) is 11.3 Å². The van der Waals surface area contributed by atoms with E-state index in [2.05, 4.69) is 31.9 Å². The van der Waals surface area contributed by atoms with Gasteiger partial charge in [-0.25, -0.2) is 4.98 Å². The Morgan fingerprint density at radius 1 is 1.14 bits per heavy atom. The van der Waals surface area contributed by atoms with Crippen molar-refractivity contribution in [1.82, 2.24) is 19.8 Å². The van der Waals surface area contributed by atoms with Crippen molar-refractivity contribution in [3.63, 3.8) is 0 Å². The van der Waals surface area contributed by atoms with E-state index in [1.165, 1.54) is 0 Å². The van der Waals surface area contributed by atoms with Gasteiger partial charge in [-0.1, -0.05) is 12.1 Å². The van der Waals surface area contributed by atoms with Crippen LogP contribution in [-0.4, -0.2) is 52.5 Å². The number of aromatic nitrogens is 2. The van der Waals surface area contributed by atoms with Crippen molar-refractivity contribution in [2.24, 2.45) is 0 Å². The quantitative estimate of drug-likeness (QED) is 0.853. The molecule has 1 aliphatic rings. The summed E-state index contributed by atoms with van der Waals surface area (Å²) in [5, 5.41) is 8.57. The number of fused-ring (bicyclic) bond motifs is 1. The highest BCUT2D eigenvalue weighted by molar-refractivity contribution is 5.74. The summed E-state index contributed by atoms with van der Waals surface area (Å²) in [6.07, 6.45) is 1.65. The van der Waals surface area contributed by atoms with Gasteiger partial charge in [-0.3, -0.25) is 4.90 Å². The predicted molar refractivity (Wildman–Crippen MR) is 82.7 cm³/mol. The number of nitrogens with one attached hydrogen (secondary N) is 1. The molecular weight excluding hydrogens is 262 g/mol. The smallest absolute Gasteiger partial charge is 0.121 e. The van der Waals surface area contributed by atoms with Crippen molar-refractivity contribution >= 4 is 11.0 Å². The zero-order valence-corrected chi connectivity index (χ0v) is 12.3. The fraction of sp³-hybridized carbons (Fsp3) is 0.500. The summed E-state index contributed by atoms with van der Waals surface area (Å²) in [5.41, 5.74) is 2.16. The number of aromatic amines is 1. The van der Waals surface area contributed by atoms with E-state index in [1.807, 2.05) is 18.2 Å². The summed E-state index contributed by atoms with van der Waals surface area (Å²) >= 11 is 0. The number of H-pyrrole nitrogens is 1. The summed E-state index contributed by atoms with van der Waals surface area (Å²) in [6, 6.07) is 10.4. The van der Waals surface area contributed by atoms with Crippen LogP contribution in [0.15, 0.2) is 24.3 Å². The summed E-state index contributed by atoms with van der Waals surface area (Å²) < 4.78 is 0. The van der Waals surface area contributed by atoms with Crippen LogP contribution in [0.3, 0.4) is 0 Å². The van der Waals surface area contributed by atoms with E-state index in [0.29, 0.717) is 6.42 Å². The minimum absolute atomic E-state index is 0.666. The first kappa shape index (κ1) is 14.1. The normalized spacial score (nSPS) is 17.1. The summed E-state index contributed by atoms with van der Waals surface area (Å²) in [4.78, 5) is 12.9. The topological polar surface area (TPSA) is 59.0 Å². The number of hydrogen-bond donors (Lipinski definition) is 1. The molecule has 1 aromatic heterocycles. The van der Waals surface area contributed by atoms with E-state index in [-0.39, 0.29) is 0 Å². The van der Waals surface area contributed by atoms with Gasteiger partial charge in [0.2, 0.25) is 0 Å². The lowest BCUT2D eigenvalue weighted by molar-refractivity contribution is 0.124. The van der Waals surface area contributed by atoms with Crippen LogP contribution in [0.2, 0.25) is 0 Å². The molecule has 1 fully saturated rings. The van der Waals surface area contributed by atoms with Gasteiger partial charge in [-0.2, -0.15) is 5.26 Å². The molecule has 5 nitrogen and oxygen atoms in total. The molecule has 110 valence electrons. The molecule has 0 atom stereocenters. The standard InChI is InChI=1S/C16H21N5/c17-7-3-4-8-20-9-11-21(12-10-20)13-16-18-14-5-1-2-6-15(14)19-16/h1-2,5-6H,3-4,8-13H2,(H,18,19). The van der Waals surface area contributed by atoms with Gasteiger partial charge >= 0.3 is 0 Å². The zero-order valence-electron chi connectivity index (χ0n) is 12.3. The summed E-state index contributed by atoms with van der Waals surface area (Å²) in [7, 11) is 0. The predicted octanol–water partition coefficient (Wildman–Crippen LogP) is 1.98. The van der Waals surface area contributed by atoms with Gasteiger partial charge in [0, 0.05) is 32.6 Å². The molecule has 2 aromatic rings. The average Bonchev–Trinajstić information content (AvgIpc) is 2.91.